The van der Waals surface area contributed by atoms with Gasteiger partial charge in [-0.1, -0.05) is 23.7 Å². The van der Waals surface area contributed by atoms with Gasteiger partial charge in [-0.2, -0.15) is 0 Å². The lowest BCUT2D eigenvalue weighted by atomic mass is 10.1. The molecule has 0 saturated carbocycles. The van der Waals surface area contributed by atoms with E-state index >= 15 is 0 Å². The van der Waals surface area contributed by atoms with Crippen molar-refractivity contribution in [3.8, 4) is 16.9 Å². The van der Waals surface area contributed by atoms with Crippen LogP contribution in [0, 0.1) is 0 Å². The first kappa shape index (κ1) is 10.8. The Balaban J connectivity index is 2.45. The summed E-state index contributed by atoms with van der Waals surface area (Å²) in [5, 5.41) is 0.569. The molecule has 1 aromatic carbocycles. The second-order valence-corrected chi connectivity index (χ2v) is 3.75. The van der Waals surface area contributed by atoms with E-state index in [0.717, 1.165) is 16.9 Å². The van der Waals surface area contributed by atoms with E-state index in [1.54, 1.807) is 13.2 Å². The number of methoxy groups -OCH3 is 1. The molecule has 1 heterocycles. The van der Waals surface area contributed by atoms with Crippen LogP contribution in [0.3, 0.4) is 0 Å². The molecule has 2 aromatic rings. The van der Waals surface area contributed by atoms with Crippen molar-refractivity contribution >= 4 is 17.4 Å². The highest BCUT2D eigenvalue weighted by molar-refractivity contribution is 6.30. The molecule has 0 radical (unpaired) electrons. The van der Waals surface area contributed by atoms with Gasteiger partial charge in [-0.25, -0.2) is 4.98 Å². The zero-order valence-electron chi connectivity index (χ0n) is 8.77. The number of rotatable bonds is 2. The van der Waals surface area contributed by atoms with Gasteiger partial charge in [-0.15, -0.1) is 0 Å². The lowest BCUT2D eigenvalue weighted by Crippen LogP contribution is -1.93. The van der Waals surface area contributed by atoms with Crippen LogP contribution in [0.4, 0.5) is 5.82 Å². The monoisotopic (exact) mass is 234 g/mol. The van der Waals surface area contributed by atoms with Gasteiger partial charge >= 0.3 is 0 Å². The van der Waals surface area contributed by atoms with E-state index in [-0.39, 0.29) is 0 Å². The quantitative estimate of drug-likeness (QED) is 0.869. The first-order valence-corrected chi connectivity index (χ1v) is 5.14. The topological polar surface area (TPSA) is 48.1 Å². The first-order valence-electron chi connectivity index (χ1n) is 4.76. The Morgan fingerprint density at radius 1 is 1.25 bits per heavy atom. The maximum atomic E-state index is 5.88. The zero-order valence-corrected chi connectivity index (χ0v) is 9.53. The van der Waals surface area contributed by atoms with Gasteiger partial charge in [0.2, 0.25) is 0 Å². The summed E-state index contributed by atoms with van der Waals surface area (Å²) < 4.78 is 5.09. The fraction of sp³-hybridized carbons (Fsp3) is 0.0833. The molecule has 82 valence electrons. The van der Waals surface area contributed by atoms with Gasteiger partial charge in [0.25, 0.3) is 0 Å². The standard InChI is InChI=1S/C12H11ClN2O/c1-16-10-4-2-8(3-5-10)11-6-9(13)7-15-12(11)14/h2-7H,1H3,(H2,14,15). The van der Waals surface area contributed by atoms with Crippen molar-refractivity contribution in [2.45, 2.75) is 0 Å². The van der Waals surface area contributed by atoms with Crippen molar-refractivity contribution in [3.63, 3.8) is 0 Å². The van der Waals surface area contributed by atoms with Crippen molar-refractivity contribution < 1.29 is 4.74 Å². The Bertz CT molecular complexity index is 497. The summed E-state index contributed by atoms with van der Waals surface area (Å²) >= 11 is 5.88. The Kier molecular flexibility index (Phi) is 2.97. The Morgan fingerprint density at radius 2 is 1.94 bits per heavy atom. The summed E-state index contributed by atoms with van der Waals surface area (Å²) in [5.41, 5.74) is 7.59. The smallest absolute Gasteiger partial charge is 0.131 e. The number of anilines is 1. The average molecular weight is 235 g/mol. The number of halogens is 1. The summed E-state index contributed by atoms with van der Waals surface area (Å²) in [7, 11) is 1.63. The van der Waals surface area contributed by atoms with E-state index in [4.69, 9.17) is 22.1 Å². The molecule has 0 saturated heterocycles. The van der Waals surface area contributed by atoms with Crippen LogP contribution in [0.15, 0.2) is 36.5 Å². The molecule has 0 unspecified atom stereocenters. The predicted octanol–water partition coefficient (Wildman–Crippen LogP) is 2.99. The Morgan fingerprint density at radius 3 is 2.56 bits per heavy atom. The minimum absolute atomic E-state index is 0.467. The second kappa shape index (κ2) is 4.41. The van der Waals surface area contributed by atoms with E-state index in [0.29, 0.717) is 10.8 Å². The summed E-state index contributed by atoms with van der Waals surface area (Å²) in [5.74, 6) is 1.27. The molecule has 2 rings (SSSR count). The number of aromatic nitrogens is 1. The summed E-state index contributed by atoms with van der Waals surface area (Å²) in [6.07, 6.45) is 1.53. The van der Waals surface area contributed by atoms with Crippen LogP contribution >= 0.6 is 11.6 Å². The Hall–Kier alpha value is -1.74. The summed E-state index contributed by atoms with van der Waals surface area (Å²) in [4.78, 5) is 4.01. The molecule has 0 bridgehead atoms. The molecule has 0 atom stereocenters. The van der Waals surface area contributed by atoms with Gasteiger partial charge in [-0.05, 0) is 23.8 Å². The fourth-order valence-corrected chi connectivity index (χ4v) is 1.61. The maximum Gasteiger partial charge on any atom is 0.131 e. The SMILES string of the molecule is COc1ccc(-c2cc(Cl)cnc2N)cc1. The molecule has 3 nitrogen and oxygen atoms in total. The molecular weight excluding hydrogens is 224 g/mol. The van der Waals surface area contributed by atoms with Crippen LogP contribution in [0.2, 0.25) is 5.02 Å². The molecule has 0 aliphatic rings. The summed E-state index contributed by atoms with van der Waals surface area (Å²) in [6.45, 7) is 0. The van der Waals surface area contributed by atoms with Gasteiger partial charge in [0.15, 0.2) is 0 Å². The van der Waals surface area contributed by atoms with Crippen LogP contribution in [0.5, 0.6) is 5.75 Å². The molecule has 16 heavy (non-hydrogen) atoms. The van der Waals surface area contributed by atoms with Crippen molar-refractivity contribution in [3.05, 3.63) is 41.6 Å². The molecule has 0 spiro atoms. The third-order valence-corrected chi connectivity index (χ3v) is 2.49. The lowest BCUT2D eigenvalue weighted by Gasteiger charge is -2.06. The van der Waals surface area contributed by atoms with E-state index in [2.05, 4.69) is 4.98 Å². The highest BCUT2D eigenvalue weighted by Crippen LogP contribution is 2.28. The van der Waals surface area contributed by atoms with Crippen LogP contribution in [-0.2, 0) is 0 Å². The third-order valence-electron chi connectivity index (χ3n) is 2.29. The van der Waals surface area contributed by atoms with Gasteiger partial charge < -0.3 is 10.5 Å². The Labute approximate surface area is 98.8 Å². The maximum absolute atomic E-state index is 5.88. The number of hydrogen-bond acceptors (Lipinski definition) is 3. The van der Waals surface area contributed by atoms with Crippen LogP contribution in [-0.4, -0.2) is 12.1 Å². The number of nitrogens with two attached hydrogens (primary N) is 1. The van der Waals surface area contributed by atoms with E-state index < -0.39 is 0 Å². The van der Waals surface area contributed by atoms with Crippen molar-refractivity contribution in [1.29, 1.82) is 0 Å². The molecule has 1 aromatic heterocycles. The average Bonchev–Trinajstić information content (AvgIpc) is 2.32. The van der Waals surface area contributed by atoms with Gasteiger partial charge in [0.1, 0.15) is 11.6 Å². The molecule has 0 fully saturated rings. The van der Waals surface area contributed by atoms with Crippen molar-refractivity contribution in [2.24, 2.45) is 0 Å². The molecule has 4 heteroatoms. The van der Waals surface area contributed by atoms with Crippen LogP contribution in [0.1, 0.15) is 0 Å². The first-order chi connectivity index (χ1) is 7.70. The number of benzene rings is 1. The van der Waals surface area contributed by atoms with E-state index in [9.17, 15) is 0 Å². The molecular formula is C12H11ClN2O. The highest BCUT2D eigenvalue weighted by Gasteiger charge is 2.04. The molecule has 0 aliphatic carbocycles. The van der Waals surface area contributed by atoms with Crippen molar-refractivity contribution in [1.82, 2.24) is 4.98 Å². The van der Waals surface area contributed by atoms with Crippen LogP contribution in [0.25, 0.3) is 11.1 Å². The normalized spacial score (nSPS) is 10.1. The summed E-state index contributed by atoms with van der Waals surface area (Å²) in [6, 6.07) is 9.38. The van der Waals surface area contributed by atoms with Gasteiger partial charge in [0, 0.05) is 11.8 Å². The second-order valence-electron chi connectivity index (χ2n) is 3.31. The van der Waals surface area contributed by atoms with Crippen LogP contribution < -0.4 is 10.5 Å². The highest BCUT2D eigenvalue weighted by atomic mass is 35.5. The number of pyridine rings is 1. The van der Waals surface area contributed by atoms with Gasteiger partial charge in [0.05, 0.1) is 12.1 Å². The minimum atomic E-state index is 0.467. The molecule has 0 amide bonds. The number of ether oxygens (including phenoxy) is 1. The lowest BCUT2D eigenvalue weighted by molar-refractivity contribution is 0.415. The van der Waals surface area contributed by atoms with E-state index in [1.165, 1.54) is 6.20 Å². The molecule has 2 N–H and O–H groups in total. The number of nitrogen functional groups attached to an aromatic ring is 1. The van der Waals surface area contributed by atoms with E-state index in [1.807, 2.05) is 24.3 Å². The fourth-order valence-electron chi connectivity index (χ4n) is 1.45. The van der Waals surface area contributed by atoms with Crippen molar-refractivity contribution in [2.75, 3.05) is 12.8 Å². The number of nitrogens with zero attached hydrogens (tertiary/aromatic N) is 1. The zero-order chi connectivity index (χ0) is 11.5. The molecule has 0 aliphatic heterocycles. The third kappa shape index (κ3) is 2.09. The predicted molar refractivity (Wildman–Crippen MR) is 65.6 cm³/mol. The largest absolute Gasteiger partial charge is 0.497 e. The minimum Gasteiger partial charge on any atom is -0.497 e. The number of hydrogen-bond donors (Lipinski definition) is 1. The van der Waals surface area contributed by atoms with Gasteiger partial charge in [-0.3, -0.25) is 0 Å².